The van der Waals surface area contributed by atoms with Gasteiger partial charge in [-0.1, -0.05) is 41.6 Å². The fraction of sp³-hybridized carbons (Fsp3) is 0.292. The molecule has 0 radical (unpaired) electrons. The maximum atomic E-state index is 14.1. The highest BCUT2D eigenvalue weighted by molar-refractivity contribution is 7.99. The van der Waals surface area contributed by atoms with Gasteiger partial charge in [-0.2, -0.15) is 0 Å². The van der Waals surface area contributed by atoms with Crippen molar-refractivity contribution in [3.63, 3.8) is 0 Å². The summed E-state index contributed by atoms with van der Waals surface area (Å²) in [6.07, 6.45) is 3.38. The second-order valence-corrected chi connectivity index (χ2v) is 9.36. The summed E-state index contributed by atoms with van der Waals surface area (Å²) in [6.45, 7) is 3.73. The lowest BCUT2D eigenvalue weighted by atomic mass is 10.1. The average Bonchev–Trinajstić information content (AvgIpc) is 2.86. The predicted octanol–water partition coefficient (Wildman–Crippen LogP) is 3.42. The Labute approximate surface area is 211 Å². The molecule has 35 heavy (non-hydrogen) atoms. The number of aromatic nitrogens is 3. The number of carbonyl (C=O) groups excluding carboxylic acids is 2. The lowest BCUT2D eigenvalue weighted by Crippen LogP contribution is -2.54. The minimum Gasteiger partial charge on any atom is -0.353 e. The minimum atomic E-state index is -0.527. The molecule has 0 saturated carbocycles. The van der Waals surface area contributed by atoms with E-state index in [1.165, 1.54) is 23.9 Å². The third kappa shape index (κ3) is 6.46. The standard InChI is InChI=1S/C24H24ClFN6O2S/c1-16-14-31(9-10-32(16)23(34)18-6-2-3-7-19(18)26)21-11-20(25)29-24(30-21)35-15-22(33)28-13-17-5-4-8-27-12-17/h2-8,11-12,16H,9-10,13-15H2,1H3,(H,28,33). The number of anilines is 1. The summed E-state index contributed by atoms with van der Waals surface area (Å²) in [6, 6.07) is 11.2. The van der Waals surface area contributed by atoms with Gasteiger partial charge in [0.15, 0.2) is 5.16 Å². The second kappa shape index (κ2) is 11.5. The van der Waals surface area contributed by atoms with E-state index in [0.29, 0.717) is 37.2 Å². The van der Waals surface area contributed by atoms with E-state index in [0.717, 1.165) is 5.56 Å². The fourth-order valence-corrected chi connectivity index (χ4v) is 4.66. The Morgan fingerprint density at radius 2 is 2.03 bits per heavy atom. The number of piperazine rings is 1. The van der Waals surface area contributed by atoms with E-state index in [-0.39, 0.29) is 34.3 Å². The van der Waals surface area contributed by atoms with Gasteiger partial charge in [-0.3, -0.25) is 14.6 Å². The summed E-state index contributed by atoms with van der Waals surface area (Å²) >= 11 is 7.43. The fourth-order valence-electron chi connectivity index (χ4n) is 3.75. The SMILES string of the molecule is CC1CN(c2cc(Cl)nc(SCC(=O)NCc3cccnc3)n2)CCN1C(=O)c1ccccc1F. The first-order chi connectivity index (χ1) is 16.9. The van der Waals surface area contributed by atoms with Crippen LogP contribution in [0.5, 0.6) is 0 Å². The van der Waals surface area contributed by atoms with Crippen molar-refractivity contribution in [1.29, 1.82) is 0 Å². The number of benzene rings is 1. The highest BCUT2D eigenvalue weighted by Gasteiger charge is 2.30. The van der Waals surface area contributed by atoms with Crippen molar-refractivity contribution >= 4 is 41.0 Å². The van der Waals surface area contributed by atoms with Gasteiger partial charge in [0, 0.05) is 50.7 Å². The van der Waals surface area contributed by atoms with E-state index in [9.17, 15) is 14.0 Å². The van der Waals surface area contributed by atoms with E-state index < -0.39 is 5.82 Å². The molecule has 0 aliphatic carbocycles. The Hall–Kier alpha value is -3.24. The van der Waals surface area contributed by atoms with Gasteiger partial charge in [-0.15, -0.1) is 0 Å². The molecule has 11 heteroatoms. The van der Waals surface area contributed by atoms with Crippen molar-refractivity contribution in [2.45, 2.75) is 24.7 Å². The molecule has 2 aromatic heterocycles. The van der Waals surface area contributed by atoms with Gasteiger partial charge >= 0.3 is 0 Å². The van der Waals surface area contributed by atoms with E-state index >= 15 is 0 Å². The molecule has 1 N–H and O–H groups in total. The predicted molar refractivity (Wildman–Crippen MR) is 133 cm³/mol. The number of rotatable bonds is 7. The molecular weight excluding hydrogens is 491 g/mol. The second-order valence-electron chi connectivity index (χ2n) is 8.03. The van der Waals surface area contributed by atoms with Crippen LogP contribution in [-0.4, -0.2) is 63.1 Å². The lowest BCUT2D eigenvalue weighted by molar-refractivity contribution is -0.118. The Bertz CT molecular complexity index is 1200. The summed E-state index contributed by atoms with van der Waals surface area (Å²) in [5.41, 5.74) is 0.979. The van der Waals surface area contributed by atoms with Gasteiger partial charge in [0.05, 0.1) is 11.3 Å². The Morgan fingerprint density at radius 3 is 2.77 bits per heavy atom. The Kier molecular flexibility index (Phi) is 8.14. The maximum absolute atomic E-state index is 14.1. The van der Waals surface area contributed by atoms with Gasteiger partial charge in [0.1, 0.15) is 16.8 Å². The van der Waals surface area contributed by atoms with Crippen LogP contribution in [0.25, 0.3) is 0 Å². The molecule has 3 heterocycles. The van der Waals surface area contributed by atoms with Gasteiger partial charge in [0.2, 0.25) is 5.91 Å². The molecule has 3 aromatic rings. The van der Waals surface area contributed by atoms with Crippen LogP contribution >= 0.6 is 23.4 Å². The number of amides is 2. The number of pyridine rings is 1. The van der Waals surface area contributed by atoms with E-state index in [2.05, 4.69) is 20.3 Å². The first-order valence-electron chi connectivity index (χ1n) is 11.0. The van der Waals surface area contributed by atoms with Crippen LogP contribution < -0.4 is 10.2 Å². The van der Waals surface area contributed by atoms with Crippen LogP contribution in [0.15, 0.2) is 60.0 Å². The zero-order chi connectivity index (χ0) is 24.8. The Balaban J connectivity index is 1.35. The number of nitrogens with zero attached hydrogens (tertiary/aromatic N) is 5. The molecular formula is C24H24ClFN6O2S. The zero-order valence-electron chi connectivity index (χ0n) is 19.0. The molecule has 0 spiro atoms. The van der Waals surface area contributed by atoms with Crippen molar-refractivity contribution in [1.82, 2.24) is 25.2 Å². The third-order valence-corrected chi connectivity index (χ3v) is 6.56. The van der Waals surface area contributed by atoms with Crippen LogP contribution in [0, 0.1) is 5.82 Å². The van der Waals surface area contributed by atoms with Crippen LogP contribution in [-0.2, 0) is 11.3 Å². The number of hydrogen-bond acceptors (Lipinski definition) is 7. The molecule has 2 amide bonds. The molecule has 182 valence electrons. The molecule has 1 atom stereocenters. The Morgan fingerprint density at radius 1 is 1.20 bits per heavy atom. The topological polar surface area (TPSA) is 91.3 Å². The highest BCUT2D eigenvalue weighted by Crippen LogP contribution is 2.25. The van der Waals surface area contributed by atoms with E-state index in [1.807, 2.05) is 24.0 Å². The largest absolute Gasteiger partial charge is 0.353 e. The summed E-state index contributed by atoms with van der Waals surface area (Å²) in [5, 5.41) is 3.50. The molecule has 1 fully saturated rings. The number of hydrogen-bond donors (Lipinski definition) is 1. The number of carbonyl (C=O) groups is 2. The van der Waals surface area contributed by atoms with E-state index in [4.69, 9.17) is 11.6 Å². The van der Waals surface area contributed by atoms with Gasteiger partial charge in [-0.25, -0.2) is 14.4 Å². The van der Waals surface area contributed by atoms with Gasteiger partial charge in [-0.05, 0) is 30.7 Å². The summed E-state index contributed by atoms with van der Waals surface area (Å²) in [4.78, 5) is 41.6. The van der Waals surface area contributed by atoms with Crippen molar-refractivity contribution in [2.24, 2.45) is 0 Å². The molecule has 4 rings (SSSR count). The number of nitrogens with one attached hydrogen (secondary N) is 1. The monoisotopic (exact) mass is 514 g/mol. The normalized spacial score (nSPS) is 15.7. The maximum Gasteiger partial charge on any atom is 0.257 e. The van der Waals surface area contributed by atoms with Gasteiger partial charge in [0.25, 0.3) is 5.91 Å². The first-order valence-corrected chi connectivity index (χ1v) is 12.4. The van der Waals surface area contributed by atoms with Crippen molar-refractivity contribution in [3.05, 3.63) is 77.0 Å². The molecule has 0 bridgehead atoms. The molecule has 1 aliphatic heterocycles. The summed E-state index contributed by atoms with van der Waals surface area (Å²) < 4.78 is 14.1. The van der Waals surface area contributed by atoms with Gasteiger partial charge < -0.3 is 15.1 Å². The van der Waals surface area contributed by atoms with E-state index in [1.54, 1.807) is 35.5 Å². The summed E-state index contributed by atoms with van der Waals surface area (Å²) in [5.74, 6) is -0.252. The average molecular weight is 515 g/mol. The van der Waals surface area contributed by atoms with Crippen molar-refractivity contribution in [3.8, 4) is 0 Å². The van der Waals surface area contributed by atoms with Crippen LogP contribution in [0.4, 0.5) is 10.2 Å². The van der Waals surface area contributed by atoms with Crippen molar-refractivity contribution in [2.75, 3.05) is 30.3 Å². The number of thioether (sulfide) groups is 1. The molecule has 8 nitrogen and oxygen atoms in total. The molecule has 1 saturated heterocycles. The van der Waals surface area contributed by atoms with Crippen LogP contribution in [0.2, 0.25) is 5.15 Å². The quantitative estimate of drug-likeness (QED) is 0.293. The highest BCUT2D eigenvalue weighted by atomic mass is 35.5. The lowest BCUT2D eigenvalue weighted by Gasteiger charge is -2.40. The minimum absolute atomic E-state index is 0.0679. The third-order valence-electron chi connectivity index (χ3n) is 5.52. The van der Waals surface area contributed by atoms with Crippen molar-refractivity contribution < 1.29 is 14.0 Å². The van der Waals surface area contributed by atoms with Crippen LogP contribution in [0.3, 0.4) is 0 Å². The zero-order valence-corrected chi connectivity index (χ0v) is 20.6. The van der Waals surface area contributed by atoms with Crippen LogP contribution in [0.1, 0.15) is 22.8 Å². The smallest absolute Gasteiger partial charge is 0.257 e. The first kappa shape index (κ1) is 24.9. The summed E-state index contributed by atoms with van der Waals surface area (Å²) in [7, 11) is 0. The molecule has 1 unspecified atom stereocenters. The molecule has 1 aromatic carbocycles. The molecule has 1 aliphatic rings. The number of halogens is 2.